The van der Waals surface area contributed by atoms with Crippen LogP contribution in [0.3, 0.4) is 0 Å². The molecule has 3 nitrogen and oxygen atoms in total. The Labute approximate surface area is 135 Å². The number of rotatable bonds is 6. The van der Waals surface area contributed by atoms with E-state index in [1.807, 2.05) is 26.0 Å². The monoisotopic (exact) mass is 318 g/mol. The second-order valence-corrected chi connectivity index (χ2v) is 5.84. The summed E-state index contributed by atoms with van der Waals surface area (Å²) >= 11 is 5.93. The summed E-state index contributed by atoms with van der Waals surface area (Å²) in [5.74, 6) is -0.719. The van der Waals surface area contributed by atoms with Gasteiger partial charge in [0.25, 0.3) is 0 Å². The predicted octanol–water partition coefficient (Wildman–Crippen LogP) is 4.59. The molecule has 0 aliphatic rings. The van der Waals surface area contributed by atoms with E-state index >= 15 is 0 Å². The zero-order chi connectivity index (χ0) is 16.1. The molecular weight excluding hydrogens is 300 g/mol. The van der Waals surface area contributed by atoms with Crippen LogP contribution in [0.15, 0.2) is 42.5 Å². The smallest absolute Gasteiger partial charge is 0.311 e. The third-order valence-electron chi connectivity index (χ3n) is 3.42. The van der Waals surface area contributed by atoms with Gasteiger partial charge in [-0.15, -0.1) is 0 Å². The number of hydrogen-bond donors (Lipinski definition) is 1. The standard InChI is InChI=1S/C18H19ClO3/c1-12-8-13(2)10-16(9-12)22-7-6-17(18(20)21)14-4-3-5-15(19)11-14/h3-5,8-11,17H,6-7H2,1-2H3,(H,20,21). The molecule has 0 bridgehead atoms. The second-order valence-electron chi connectivity index (χ2n) is 5.41. The molecule has 2 aromatic carbocycles. The number of benzene rings is 2. The number of aliphatic carboxylic acids is 1. The van der Waals surface area contributed by atoms with Crippen LogP contribution in [0.1, 0.15) is 29.0 Å². The van der Waals surface area contributed by atoms with Gasteiger partial charge < -0.3 is 9.84 Å². The van der Waals surface area contributed by atoms with Gasteiger partial charge in [0.2, 0.25) is 0 Å². The van der Waals surface area contributed by atoms with Crippen molar-refractivity contribution in [2.45, 2.75) is 26.2 Å². The van der Waals surface area contributed by atoms with Crippen molar-refractivity contribution in [3.63, 3.8) is 0 Å². The van der Waals surface area contributed by atoms with E-state index in [0.29, 0.717) is 23.6 Å². The van der Waals surface area contributed by atoms with Crippen molar-refractivity contribution < 1.29 is 14.6 Å². The molecular formula is C18H19ClO3. The lowest BCUT2D eigenvalue weighted by atomic mass is 9.96. The van der Waals surface area contributed by atoms with Crippen LogP contribution in [0.5, 0.6) is 5.75 Å². The summed E-state index contributed by atoms with van der Waals surface area (Å²) in [4.78, 5) is 11.5. The largest absolute Gasteiger partial charge is 0.494 e. The van der Waals surface area contributed by atoms with E-state index in [-0.39, 0.29) is 0 Å². The fourth-order valence-corrected chi connectivity index (χ4v) is 2.67. The van der Waals surface area contributed by atoms with Gasteiger partial charge in [0.15, 0.2) is 0 Å². The normalized spacial score (nSPS) is 12.0. The summed E-state index contributed by atoms with van der Waals surface area (Å²) < 4.78 is 5.70. The van der Waals surface area contributed by atoms with E-state index in [4.69, 9.17) is 16.3 Å². The van der Waals surface area contributed by atoms with E-state index in [0.717, 1.165) is 16.9 Å². The van der Waals surface area contributed by atoms with Crippen LogP contribution in [-0.4, -0.2) is 17.7 Å². The van der Waals surface area contributed by atoms with Crippen LogP contribution < -0.4 is 4.74 Å². The highest BCUT2D eigenvalue weighted by atomic mass is 35.5. The molecule has 0 spiro atoms. The molecule has 1 atom stereocenters. The van der Waals surface area contributed by atoms with E-state index in [2.05, 4.69) is 6.07 Å². The fourth-order valence-electron chi connectivity index (χ4n) is 2.47. The molecule has 0 heterocycles. The summed E-state index contributed by atoms with van der Waals surface area (Å²) in [5.41, 5.74) is 2.95. The molecule has 0 saturated carbocycles. The molecule has 1 N–H and O–H groups in total. The highest BCUT2D eigenvalue weighted by Gasteiger charge is 2.20. The lowest BCUT2D eigenvalue weighted by Gasteiger charge is -2.14. The summed E-state index contributed by atoms with van der Waals surface area (Å²) in [5, 5.41) is 9.95. The summed E-state index contributed by atoms with van der Waals surface area (Å²) in [6.45, 7) is 4.35. The Kier molecular flexibility index (Phi) is 5.45. The minimum Gasteiger partial charge on any atom is -0.494 e. The maximum atomic E-state index is 11.5. The zero-order valence-electron chi connectivity index (χ0n) is 12.7. The molecule has 22 heavy (non-hydrogen) atoms. The second kappa shape index (κ2) is 7.32. The summed E-state index contributed by atoms with van der Waals surface area (Å²) in [6, 6.07) is 12.9. The SMILES string of the molecule is Cc1cc(C)cc(OCCC(C(=O)O)c2cccc(Cl)c2)c1. The Bertz CT molecular complexity index is 647. The van der Waals surface area contributed by atoms with E-state index in [1.54, 1.807) is 24.3 Å². The Morgan fingerprint density at radius 1 is 1.18 bits per heavy atom. The maximum Gasteiger partial charge on any atom is 0.311 e. The van der Waals surface area contributed by atoms with E-state index in [9.17, 15) is 9.90 Å². The lowest BCUT2D eigenvalue weighted by Crippen LogP contribution is -2.15. The Morgan fingerprint density at radius 3 is 2.45 bits per heavy atom. The van der Waals surface area contributed by atoms with Gasteiger partial charge in [-0.25, -0.2) is 0 Å². The van der Waals surface area contributed by atoms with Gasteiger partial charge in [0.1, 0.15) is 5.75 Å². The molecule has 2 aromatic rings. The number of ether oxygens (including phenoxy) is 1. The van der Waals surface area contributed by atoms with Crippen molar-refractivity contribution >= 4 is 17.6 Å². The van der Waals surface area contributed by atoms with Crippen molar-refractivity contribution in [3.05, 3.63) is 64.2 Å². The molecule has 116 valence electrons. The van der Waals surface area contributed by atoms with Gasteiger partial charge in [0, 0.05) is 5.02 Å². The molecule has 0 radical (unpaired) electrons. The molecule has 0 fully saturated rings. The van der Waals surface area contributed by atoms with Crippen molar-refractivity contribution in [2.24, 2.45) is 0 Å². The van der Waals surface area contributed by atoms with Crippen LogP contribution in [0, 0.1) is 13.8 Å². The minimum absolute atomic E-state index is 0.340. The van der Waals surface area contributed by atoms with E-state index in [1.165, 1.54) is 0 Å². The number of aryl methyl sites for hydroxylation is 2. The first-order valence-corrected chi connectivity index (χ1v) is 7.53. The van der Waals surface area contributed by atoms with Gasteiger partial charge in [-0.3, -0.25) is 4.79 Å². The topological polar surface area (TPSA) is 46.5 Å². The molecule has 1 unspecified atom stereocenters. The van der Waals surface area contributed by atoms with Gasteiger partial charge >= 0.3 is 5.97 Å². The number of carboxylic acids is 1. The average Bonchev–Trinajstić information content (AvgIpc) is 2.42. The number of carbonyl (C=O) groups is 1. The van der Waals surface area contributed by atoms with Gasteiger partial charge in [-0.2, -0.15) is 0 Å². The minimum atomic E-state index is -0.869. The molecule has 0 aliphatic carbocycles. The molecule has 0 saturated heterocycles. The quantitative estimate of drug-likeness (QED) is 0.847. The highest BCUT2D eigenvalue weighted by molar-refractivity contribution is 6.30. The first kappa shape index (κ1) is 16.4. The molecule has 0 amide bonds. The Hall–Kier alpha value is -2.00. The number of carboxylic acid groups (broad SMARTS) is 1. The highest BCUT2D eigenvalue weighted by Crippen LogP contribution is 2.24. The first-order chi connectivity index (χ1) is 10.5. The maximum absolute atomic E-state index is 11.5. The Morgan fingerprint density at radius 2 is 1.86 bits per heavy atom. The summed E-state index contributed by atoms with van der Waals surface area (Å²) in [7, 11) is 0. The van der Waals surface area contributed by atoms with Crippen LogP contribution in [0.25, 0.3) is 0 Å². The summed E-state index contributed by atoms with van der Waals surface area (Å²) in [6.07, 6.45) is 0.392. The average molecular weight is 319 g/mol. The van der Waals surface area contributed by atoms with Crippen LogP contribution in [-0.2, 0) is 4.79 Å². The Balaban J connectivity index is 2.02. The predicted molar refractivity (Wildman–Crippen MR) is 87.9 cm³/mol. The first-order valence-electron chi connectivity index (χ1n) is 7.15. The van der Waals surface area contributed by atoms with Crippen molar-refractivity contribution in [3.8, 4) is 5.75 Å². The molecule has 4 heteroatoms. The van der Waals surface area contributed by atoms with Gasteiger partial charge in [-0.1, -0.05) is 29.8 Å². The third kappa shape index (κ3) is 4.50. The van der Waals surface area contributed by atoms with Crippen LogP contribution >= 0.6 is 11.6 Å². The van der Waals surface area contributed by atoms with Gasteiger partial charge in [-0.05, 0) is 61.2 Å². The molecule has 2 rings (SSSR count). The lowest BCUT2D eigenvalue weighted by molar-refractivity contribution is -0.139. The van der Waals surface area contributed by atoms with Crippen molar-refractivity contribution in [1.29, 1.82) is 0 Å². The van der Waals surface area contributed by atoms with Gasteiger partial charge in [0.05, 0.1) is 12.5 Å². The van der Waals surface area contributed by atoms with Crippen LogP contribution in [0.4, 0.5) is 0 Å². The zero-order valence-corrected chi connectivity index (χ0v) is 13.4. The number of hydrogen-bond acceptors (Lipinski definition) is 2. The van der Waals surface area contributed by atoms with E-state index < -0.39 is 11.9 Å². The fraction of sp³-hybridized carbons (Fsp3) is 0.278. The molecule has 0 aromatic heterocycles. The molecule has 0 aliphatic heterocycles. The third-order valence-corrected chi connectivity index (χ3v) is 3.65. The van der Waals surface area contributed by atoms with Crippen molar-refractivity contribution in [2.75, 3.05) is 6.61 Å². The van der Waals surface area contributed by atoms with Crippen molar-refractivity contribution in [1.82, 2.24) is 0 Å². The van der Waals surface area contributed by atoms with Crippen LogP contribution in [0.2, 0.25) is 5.02 Å². The number of halogens is 1.